The van der Waals surface area contributed by atoms with Crippen molar-refractivity contribution in [1.29, 1.82) is 0 Å². The molecule has 3 aromatic rings. The van der Waals surface area contributed by atoms with Gasteiger partial charge < -0.3 is 20.5 Å². The number of carbonyl (C=O) groups is 3. The molecule has 7 nitrogen and oxygen atoms in total. The average Bonchev–Trinajstić information content (AvgIpc) is 3.17. The largest absolute Gasteiger partial charge is 0.478 e. The van der Waals surface area contributed by atoms with Crippen molar-refractivity contribution in [3.05, 3.63) is 87.9 Å². The summed E-state index contributed by atoms with van der Waals surface area (Å²) >= 11 is 4.63. The van der Waals surface area contributed by atoms with Crippen LogP contribution in [0.5, 0.6) is 0 Å². The number of alkyl carbamates (subject to hydrolysis) is 1. The monoisotopic (exact) mass is 554 g/mol. The summed E-state index contributed by atoms with van der Waals surface area (Å²) in [6, 6.07) is 20.7. The van der Waals surface area contributed by atoms with Crippen LogP contribution >= 0.6 is 27.7 Å². The van der Waals surface area contributed by atoms with Crippen molar-refractivity contribution in [2.75, 3.05) is 30.0 Å². The number of hydrogen-bond donors (Lipinski definition) is 3. The number of halogens is 1. The van der Waals surface area contributed by atoms with Crippen LogP contribution in [0.4, 0.5) is 10.5 Å². The fourth-order valence-corrected chi connectivity index (χ4v) is 5.10. The van der Waals surface area contributed by atoms with Crippen LogP contribution in [-0.4, -0.2) is 47.7 Å². The summed E-state index contributed by atoms with van der Waals surface area (Å²) in [5.41, 5.74) is 5.30. The minimum absolute atomic E-state index is 0.00936. The number of amides is 2. The Morgan fingerprint density at radius 3 is 2.26 bits per heavy atom. The Balaban J connectivity index is 1.17. The van der Waals surface area contributed by atoms with E-state index < -0.39 is 12.1 Å². The van der Waals surface area contributed by atoms with Crippen LogP contribution in [0.1, 0.15) is 27.4 Å². The quantitative estimate of drug-likeness (QED) is 0.307. The highest BCUT2D eigenvalue weighted by Gasteiger charge is 2.28. The molecule has 0 atom stereocenters. The number of carboxylic acid groups (broad SMARTS) is 1. The summed E-state index contributed by atoms with van der Waals surface area (Å²) in [6.07, 6.45) is -0.487. The Kier molecular flexibility index (Phi) is 8.09. The molecule has 2 amide bonds. The lowest BCUT2D eigenvalue weighted by Gasteiger charge is -2.14. The second-order valence-electron chi connectivity index (χ2n) is 7.85. The molecule has 0 bridgehead atoms. The van der Waals surface area contributed by atoms with Crippen molar-refractivity contribution in [3.63, 3.8) is 0 Å². The van der Waals surface area contributed by atoms with Crippen LogP contribution in [0.15, 0.2) is 71.2 Å². The molecule has 180 valence electrons. The summed E-state index contributed by atoms with van der Waals surface area (Å²) in [7, 11) is 0. The molecule has 0 spiro atoms. The summed E-state index contributed by atoms with van der Waals surface area (Å²) < 4.78 is 5.99. The summed E-state index contributed by atoms with van der Waals surface area (Å²) in [6.45, 7) is 0.622. The standard InChI is InChI=1S/C26H23BrN2O5S/c27-22-13-16(25(31)32)9-10-23(22)29-24(30)15-35-12-11-28-26(33)34-14-21-19-7-3-1-5-17(19)18-6-2-4-8-20(18)21/h1-10,13,21H,11-12,14-15H2,(H,28,33)(H,29,30)(H,31,32). The number of carbonyl (C=O) groups excluding carboxylic acids is 2. The molecule has 0 saturated heterocycles. The van der Waals surface area contributed by atoms with Crippen LogP contribution in [0.3, 0.4) is 0 Å². The number of benzene rings is 3. The van der Waals surface area contributed by atoms with E-state index in [2.05, 4.69) is 50.8 Å². The van der Waals surface area contributed by atoms with Crippen molar-refractivity contribution < 1.29 is 24.2 Å². The van der Waals surface area contributed by atoms with Crippen molar-refractivity contribution in [3.8, 4) is 11.1 Å². The number of fused-ring (bicyclic) bond motifs is 3. The Hall–Kier alpha value is -3.30. The highest BCUT2D eigenvalue weighted by molar-refractivity contribution is 9.10. The lowest BCUT2D eigenvalue weighted by Crippen LogP contribution is -2.28. The zero-order valence-electron chi connectivity index (χ0n) is 18.6. The zero-order chi connectivity index (χ0) is 24.8. The Morgan fingerprint density at radius 2 is 1.63 bits per heavy atom. The average molecular weight is 555 g/mol. The highest BCUT2D eigenvalue weighted by atomic mass is 79.9. The van der Waals surface area contributed by atoms with Gasteiger partial charge in [-0.3, -0.25) is 4.79 Å². The number of nitrogens with one attached hydrogen (secondary N) is 2. The first-order valence-electron chi connectivity index (χ1n) is 10.9. The molecule has 0 fully saturated rings. The number of aromatic carboxylic acids is 1. The van der Waals surface area contributed by atoms with E-state index in [4.69, 9.17) is 9.84 Å². The fraction of sp³-hybridized carbons (Fsp3) is 0.192. The van der Waals surface area contributed by atoms with E-state index in [0.29, 0.717) is 22.5 Å². The molecule has 4 rings (SSSR count). The third-order valence-electron chi connectivity index (χ3n) is 5.58. The van der Waals surface area contributed by atoms with E-state index >= 15 is 0 Å². The van der Waals surface area contributed by atoms with Crippen LogP contribution in [-0.2, 0) is 9.53 Å². The predicted octanol–water partition coefficient (Wildman–Crippen LogP) is 5.36. The molecule has 9 heteroatoms. The van der Waals surface area contributed by atoms with Crippen LogP contribution in [0, 0.1) is 0 Å². The molecule has 1 aliphatic rings. The van der Waals surface area contributed by atoms with E-state index in [1.807, 2.05) is 24.3 Å². The van der Waals surface area contributed by atoms with Gasteiger partial charge in [0.2, 0.25) is 5.91 Å². The maximum atomic E-state index is 12.2. The Bertz CT molecular complexity index is 1220. The number of ether oxygens (including phenoxy) is 1. The molecule has 3 N–H and O–H groups in total. The second kappa shape index (κ2) is 11.4. The second-order valence-corrected chi connectivity index (χ2v) is 9.81. The third-order valence-corrected chi connectivity index (χ3v) is 7.20. The summed E-state index contributed by atoms with van der Waals surface area (Å²) in [5.74, 6) is -0.519. The molecular weight excluding hydrogens is 532 g/mol. The maximum Gasteiger partial charge on any atom is 0.407 e. The van der Waals surface area contributed by atoms with Gasteiger partial charge in [0, 0.05) is 22.7 Å². The van der Waals surface area contributed by atoms with Crippen molar-refractivity contribution in [2.45, 2.75) is 5.92 Å². The molecule has 35 heavy (non-hydrogen) atoms. The molecule has 0 unspecified atom stereocenters. The summed E-state index contributed by atoms with van der Waals surface area (Å²) in [4.78, 5) is 35.3. The Morgan fingerprint density at radius 1 is 0.971 bits per heavy atom. The number of rotatable bonds is 9. The SMILES string of the molecule is O=C(CSCCNC(=O)OCC1c2ccccc2-c2ccccc21)Nc1ccc(C(=O)O)cc1Br. The van der Waals surface area contributed by atoms with Gasteiger partial charge in [-0.1, -0.05) is 48.5 Å². The topological polar surface area (TPSA) is 105 Å². The van der Waals surface area contributed by atoms with Gasteiger partial charge in [-0.15, -0.1) is 0 Å². The van der Waals surface area contributed by atoms with Gasteiger partial charge in [-0.05, 0) is 56.4 Å². The first-order chi connectivity index (χ1) is 16.9. The van der Waals surface area contributed by atoms with Gasteiger partial charge in [0.1, 0.15) is 6.61 Å². The van der Waals surface area contributed by atoms with E-state index in [1.54, 1.807) is 0 Å². The van der Waals surface area contributed by atoms with Crippen molar-refractivity contribution in [1.82, 2.24) is 5.32 Å². The van der Waals surface area contributed by atoms with Gasteiger partial charge in [0.05, 0.1) is 17.0 Å². The maximum absolute atomic E-state index is 12.2. The van der Waals surface area contributed by atoms with Gasteiger partial charge in [-0.2, -0.15) is 11.8 Å². The van der Waals surface area contributed by atoms with Gasteiger partial charge in [-0.25, -0.2) is 9.59 Å². The molecule has 3 aromatic carbocycles. The first-order valence-corrected chi connectivity index (χ1v) is 12.9. The number of anilines is 1. The van der Waals surface area contributed by atoms with E-state index in [0.717, 1.165) is 11.1 Å². The number of hydrogen-bond acceptors (Lipinski definition) is 5. The lowest BCUT2D eigenvalue weighted by atomic mass is 9.98. The molecular formula is C26H23BrN2O5S. The molecule has 0 heterocycles. The van der Waals surface area contributed by atoms with Crippen LogP contribution in [0.2, 0.25) is 0 Å². The highest BCUT2D eigenvalue weighted by Crippen LogP contribution is 2.44. The molecule has 0 radical (unpaired) electrons. The normalized spacial score (nSPS) is 11.9. The van der Waals surface area contributed by atoms with E-state index in [9.17, 15) is 14.4 Å². The minimum atomic E-state index is -1.04. The zero-order valence-corrected chi connectivity index (χ0v) is 21.0. The summed E-state index contributed by atoms with van der Waals surface area (Å²) in [5, 5.41) is 14.5. The lowest BCUT2D eigenvalue weighted by molar-refractivity contribution is -0.113. The molecule has 0 aromatic heterocycles. The van der Waals surface area contributed by atoms with E-state index in [1.165, 1.54) is 41.1 Å². The molecule has 1 aliphatic carbocycles. The van der Waals surface area contributed by atoms with Gasteiger partial charge in [0.15, 0.2) is 0 Å². The van der Waals surface area contributed by atoms with Gasteiger partial charge >= 0.3 is 12.1 Å². The van der Waals surface area contributed by atoms with Crippen molar-refractivity contribution >= 4 is 51.3 Å². The molecule has 0 aliphatic heterocycles. The third kappa shape index (κ3) is 6.04. The predicted molar refractivity (Wildman–Crippen MR) is 140 cm³/mol. The number of thioether (sulfide) groups is 1. The van der Waals surface area contributed by atoms with Gasteiger partial charge in [0.25, 0.3) is 0 Å². The number of carboxylic acids is 1. The van der Waals surface area contributed by atoms with Crippen LogP contribution < -0.4 is 10.6 Å². The van der Waals surface area contributed by atoms with E-state index in [-0.39, 0.29) is 29.7 Å². The van der Waals surface area contributed by atoms with Crippen molar-refractivity contribution in [2.24, 2.45) is 0 Å². The smallest absolute Gasteiger partial charge is 0.407 e. The molecule has 0 saturated carbocycles. The minimum Gasteiger partial charge on any atom is -0.478 e. The Labute approximate surface area is 215 Å². The fourth-order valence-electron chi connectivity index (χ4n) is 3.98. The van der Waals surface area contributed by atoms with Crippen LogP contribution in [0.25, 0.3) is 11.1 Å². The first kappa shape index (κ1) is 24.8.